The molecule has 3 heterocycles. The first-order valence-electron chi connectivity index (χ1n) is 12.4. The zero-order valence-electron chi connectivity index (χ0n) is 20.8. The first-order valence-corrected chi connectivity index (χ1v) is 12.4. The second-order valence-corrected chi connectivity index (χ2v) is 9.46. The average molecular weight is 496 g/mol. The summed E-state index contributed by atoms with van der Waals surface area (Å²) < 4.78 is 29.3. The van der Waals surface area contributed by atoms with Crippen molar-refractivity contribution in [3.63, 3.8) is 0 Å². The fourth-order valence-corrected chi connectivity index (χ4v) is 4.89. The Morgan fingerprint density at radius 1 is 0.892 bits per heavy atom. The van der Waals surface area contributed by atoms with Crippen LogP contribution in [0, 0.1) is 11.6 Å². The Morgan fingerprint density at radius 3 is 2.41 bits per heavy atom. The van der Waals surface area contributed by atoms with Gasteiger partial charge in [0.25, 0.3) is 0 Å². The number of aryl methyl sites for hydroxylation is 1. The van der Waals surface area contributed by atoms with Crippen molar-refractivity contribution < 1.29 is 13.6 Å². The number of pyridine rings is 2. The highest BCUT2D eigenvalue weighted by Crippen LogP contribution is 2.35. The number of halogens is 2. The third kappa shape index (κ3) is 5.05. The van der Waals surface area contributed by atoms with Gasteiger partial charge in [0.1, 0.15) is 0 Å². The number of hydrogen-bond donors (Lipinski definition) is 0. The van der Waals surface area contributed by atoms with Crippen molar-refractivity contribution in [2.45, 2.75) is 39.2 Å². The summed E-state index contributed by atoms with van der Waals surface area (Å²) in [6.45, 7) is 4.69. The van der Waals surface area contributed by atoms with Crippen molar-refractivity contribution in [3.8, 4) is 11.1 Å². The highest BCUT2D eigenvalue weighted by molar-refractivity contribution is 6.10. The Balaban J connectivity index is 1.62. The third-order valence-electron chi connectivity index (χ3n) is 6.62. The number of ketones is 1. The number of carbonyl (C=O) groups excluding carboxylic acids is 1. The summed E-state index contributed by atoms with van der Waals surface area (Å²) >= 11 is 0. The minimum Gasteiger partial charge on any atom is -0.338 e. The molecule has 0 bridgehead atoms. The number of aromatic nitrogens is 3. The summed E-state index contributed by atoms with van der Waals surface area (Å²) in [5.41, 5.74) is 6.16. The Hall–Kier alpha value is -4.19. The molecule has 0 fully saturated rings. The van der Waals surface area contributed by atoms with Crippen LogP contribution in [0.5, 0.6) is 0 Å². The van der Waals surface area contributed by atoms with Crippen LogP contribution in [0.1, 0.15) is 53.5 Å². The summed E-state index contributed by atoms with van der Waals surface area (Å²) in [6, 6.07) is 19.7. The van der Waals surface area contributed by atoms with Crippen LogP contribution >= 0.6 is 0 Å². The SMILES string of the molecule is CC(C)c1c(C(=O)CCc2ccc(F)c(F)c2)c2ccc(-c3ccncc3)cc2n1Cc1ccccn1. The minimum atomic E-state index is -0.900. The van der Waals surface area contributed by atoms with E-state index in [1.165, 1.54) is 6.07 Å². The standard InChI is InChI=1S/C31H27F2N3O/c1-20(2)31-30(29(37)11-7-21-6-10-26(32)27(33)17-21)25-9-8-23(22-12-15-34-16-13-22)18-28(25)36(31)19-24-5-3-4-14-35-24/h3-6,8-10,12-18,20H,7,11,19H2,1-2H3. The van der Waals surface area contributed by atoms with Crippen LogP contribution in [0.3, 0.4) is 0 Å². The number of fused-ring (bicyclic) bond motifs is 1. The molecule has 0 saturated carbocycles. The van der Waals surface area contributed by atoms with Crippen LogP contribution in [-0.2, 0) is 13.0 Å². The smallest absolute Gasteiger partial charge is 0.165 e. The number of benzene rings is 2. The molecule has 0 aliphatic heterocycles. The average Bonchev–Trinajstić information content (AvgIpc) is 3.24. The molecule has 186 valence electrons. The molecule has 6 heteroatoms. The molecule has 5 aromatic rings. The highest BCUT2D eigenvalue weighted by Gasteiger charge is 2.25. The Morgan fingerprint density at radius 2 is 1.70 bits per heavy atom. The molecule has 2 aromatic carbocycles. The summed E-state index contributed by atoms with van der Waals surface area (Å²) in [7, 11) is 0. The van der Waals surface area contributed by atoms with Crippen LogP contribution in [-0.4, -0.2) is 20.3 Å². The fourth-order valence-electron chi connectivity index (χ4n) is 4.89. The minimum absolute atomic E-state index is 0.0186. The highest BCUT2D eigenvalue weighted by atomic mass is 19.2. The van der Waals surface area contributed by atoms with Crippen LogP contribution in [0.4, 0.5) is 8.78 Å². The second kappa shape index (κ2) is 10.4. The van der Waals surface area contributed by atoms with Gasteiger partial charge in [-0.1, -0.05) is 38.1 Å². The van der Waals surface area contributed by atoms with Crippen molar-refractivity contribution in [2.75, 3.05) is 0 Å². The van der Waals surface area contributed by atoms with Crippen LogP contribution in [0.15, 0.2) is 85.3 Å². The molecule has 0 saturated heterocycles. The van der Waals surface area contributed by atoms with E-state index in [1.807, 2.05) is 42.5 Å². The maximum absolute atomic E-state index is 13.7. The molecule has 0 amide bonds. The molecule has 4 nitrogen and oxygen atoms in total. The van der Waals surface area contributed by atoms with E-state index in [9.17, 15) is 13.6 Å². The fraction of sp³-hybridized carbons (Fsp3) is 0.194. The topological polar surface area (TPSA) is 47.8 Å². The van der Waals surface area contributed by atoms with E-state index in [4.69, 9.17) is 0 Å². The Bertz CT molecular complexity index is 1560. The molecular formula is C31H27F2N3O. The molecule has 0 atom stereocenters. The monoisotopic (exact) mass is 495 g/mol. The number of nitrogens with zero attached hydrogens (tertiary/aromatic N) is 3. The number of carbonyl (C=O) groups is 1. The molecule has 0 aliphatic carbocycles. The predicted molar refractivity (Wildman–Crippen MR) is 142 cm³/mol. The molecular weight excluding hydrogens is 468 g/mol. The number of rotatable bonds is 8. The molecule has 0 aliphatic rings. The number of hydrogen-bond acceptors (Lipinski definition) is 3. The van der Waals surface area contributed by atoms with Gasteiger partial charge in [-0.15, -0.1) is 0 Å². The van der Waals surface area contributed by atoms with Crippen molar-refractivity contribution in [3.05, 3.63) is 119 Å². The van der Waals surface area contributed by atoms with Gasteiger partial charge in [-0.05, 0) is 71.5 Å². The lowest BCUT2D eigenvalue weighted by molar-refractivity contribution is 0.0983. The zero-order chi connectivity index (χ0) is 25.9. The van der Waals surface area contributed by atoms with Crippen LogP contribution < -0.4 is 0 Å². The van der Waals surface area contributed by atoms with Crippen molar-refractivity contribution in [1.82, 2.24) is 14.5 Å². The molecule has 0 spiro atoms. The van der Waals surface area contributed by atoms with Crippen LogP contribution in [0.2, 0.25) is 0 Å². The lowest BCUT2D eigenvalue weighted by atomic mass is 9.95. The quantitative estimate of drug-likeness (QED) is 0.211. The second-order valence-electron chi connectivity index (χ2n) is 9.46. The molecule has 3 aromatic heterocycles. The lowest BCUT2D eigenvalue weighted by Crippen LogP contribution is -2.11. The first kappa shape index (κ1) is 24.5. The Labute approximate surface area is 214 Å². The largest absolute Gasteiger partial charge is 0.338 e. The molecule has 0 unspecified atom stereocenters. The van der Waals surface area contributed by atoms with E-state index in [1.54, 1.807) is 18.6 Å². The van der Waals surface area contributed by atoms with Gasteiger partial charge in [0.15, 0.2) is 17.4 Å². The van der Waals surface area contributed by atoms with E-state index >= 15 is 0 Å². The zero-order valence-corrected chi connectivity index (χ0v) is 20.8. The van der Waals surface area contributed by atoms with Gasteiger partial charge >= 0.3 is 0 Å². The van der Waals surface area contributed by atoms with Crippen molar-refractivity contribution in [2.24, 2.45) is 0 Å². The molecule has 0 radical (unpaired) electrons. The van der Waals surface area contributed by atoms with Gasteiger partial charge in [0.2, 0.25) is 0 Å². The van der Waals surface area contributed by atoms with E-state index in [-0.39, 0.29) is 18.1 Å². The van der Waals surface area contributed by atoms with Gasteiger partial charge in [-0.3, -0.25) is 14.8 Å². The predicted octanol–water partition coefficient (Wildman–Crippen LogP) is 7.36. The van der Waals surface area contributed by atoms with Gasteiger partial charge in [0, 0.05) is 47.2 Å². The normalized spacial score (nSPS) is 11.4. The van der Waals surface area contributed by atoms with E-state index in [2.05, 4.69) is 34.4 Å². The van der Waals surface area contributed by atoms with Gasteiger partial charge in [-0.2, -0.15) is 0 Å². The van der Waals surface area contributed by atoms with E-state index in [0.29, 0.717) is 24.1 Å². The summed E-state index contributed by atoms with van der Waals surface area (Å²) in [5, 5.41) is 0.882. The summed E-state index contributed by atoms with van der Waals surface area (Å²) in [6.07, 6.45) is 5.82. The molecule has 37 heavy (non-hydrogen) atoms. The van der Waals surface area contributed by atoms with Gasteiger partial charge in [0.05, 0.1) is 12.2 Å². The lowest BCUT2D eigenvalue weighted by Gasteiger charge is -2.15. The van der Waals surface area contributed by atoms with Crippen molar-refractivity contribution >= 4 is 16.7 Å². The summed E-state index contributed by atoms with van der Waals surface area (Å²) in [4.78, 5) is 22.4. The van der Waals surface area contributed by atoms with Gasteiger partial charge < -0.3 is 4.57 Å². The third-order valence-corrected chi connectivity index (χ3v) is 6.62. The first-order chi connectivity index (χ1) is 17.9. The Kier molecular flexibility index (Phi) is 6.91. The van der Waals surface area contributed by atoms with Gasteiger partial charge in [-0.25, -0.2) is 8.78 Å². The molecule has 5 rings (SSSR count). The summed E-state index contributed by atoms with van der Waals surface area (Å²) in [5.74, 6) is -1.74. The van der Waals surface area contributed by atoms with Crippen molar-refractivity contribution in [1.29, 1.82) is 0 Å². The van der Waals surface area contributed by atoms with E-state index in [0.717, 1.165) is 45.6 Å². The van der Waals surface area contributed by atoms with E-state index < -0.39 is 11.6 Å². The maximum atomic E-state index is 13.7. The maximum Gasteiger partial charge on any atom is 0.165 e. The molecule has 0 N–H and O–H groups in total. The number of Topliss-reactive ketones (excluding diaryl/α,β-unsaturated/α-hetero) is 1. The van der Waals surface area contributed by atoms with Crippen LogP contribution in [0.25, 0.3) is 22.0 Å².